The largest absolute Gasteiger partial charge is 0.496 e. The smallest absolute Gasteiger partial charge is 0.251 e. The summed E-state index contributed by atoms with van der Waals surface area (Å²) in [5, 5.41) is 3.03. The highest BCUT2D eigenvalue weighted by Crippen LogP contribution is 2.25. The minimum atomic E-state index is -0.124. The molecule has 3 nitrogen and oxygen atoms in total. The zero-order valence-corrected chi connectivity index (χ0v) is 14.5. The molecule has 3 heteroatoms. The molecule has 1 amide bonds. The Kier molecular flexibility index (Phi) is 5.09. The van der Waals surface area contributed by atoms with Crippen LogP contribution in [0.25, 0.3) is 0 Å². The topological polar surface area (TPSA) is 38.3 Å². The van der Waals surface area contributed by atoms with Gasteiger partial charge in [0.15, 0.2) is 0 Å². The summed E-state index contributed by atoms with van der Waals surface area (Å²) in [6.45, 7) is 8.43. The first-order valence-electron chi connectivity index (χ1n) is 7.87. The molecule has 122 valence electrons. The summed E-state index contributed by atoms with van der Waals surface area (Å²) < 4.78 is 5.36. The molecule has 0 aliphatic carbocycles. The van der Waals surface area contributed by atoms with Gasteiger partial charge in [0.1, 0.15) is 5.75 Å². The first kappa shape index (κ1) is 17.1. The van der Waals surface area contributed by atoms with E-state index in [2.05, 4.69) is 26.1 Å². The zero-order valence-electron chi connectivity index (χ0n) is 14.5. The van der Waals surface area contributed by atoms with Crippen LogP contribution in [0, 0.1) is 0 Å². The number of ether oxygens (including phenoxy) is 1. The van der Waals surface area contributed by atoms with Gasteiger partial charge in [0.25, 0.3) is 5.91 Å². The Morgan fingerprint density at radius 3 is 2.22 bits per heavy atom. The highest BCUT2D eigenvalue weighted by molar-refractivity contribution is 5.94. The maximum atomic E-state index is 12.4. The van der Waals surface area contributed by atoms with Gasteiger partial charge in [-0.1, -0.05) is 51.1 Å². The molecule has 1 N–H and O–H groups in total. The number of rotatable bonds is 4. The van der Waals surface area contributed by atoms with E-state index in [1.54, 1.807) is 7.11 Å². The molecule has 0 spiro atoms. The number of hydrogen-bond acceptors (Lipinski definition) is 2. The maximum Gasteiger partial charge on any atom is 0.251 e. The summed E-state index contributed by atoms with van der Waals surface area (Å²) in [6.07, 6.45) is 0. The normalized spacial score (nSPS) is 12.6. The van der Waals surface area contributed by atoms with Crippen LogP contribution in [-0.4, -0.2) is 13.0 Å². The number of amides is 1. The second-order valence-electron chi connectivity index (χ2n) is 6.76. The van der Waals surface area contributed by atoms with Gasteiger partial charge < -0.3 is 10.1 Å². The van der Waals surface area contributed by atoms with Crippen LogP contribution in [0.5, 0.6) is 5.75 Å². The van der Waals surface area contributed by atoms with E-state index in [0.717, 1.165) is 11.3 Å². The first-order valence-corrected chi connectivity index (χ1v) is 7.87. The summed E-state index contributed by atoms with van der Waals surface area (Å²) in [5.74, 6) is 0.701. The van der Waals surface area contributed by atoms with Crippen LogP contribution in [0.3, 0.4) is 0 Å². The van der Waals surface area contributed by atoms with Gasteiger partial charge in [-0.05, 0) is 36.1 Å². The van der Waals surface area contributed by atoms with Gasteiger partial charge in [-0.2, -0.15) is 0 Å². The van der Waals surface area contributed by atoms with Crippen molar-refractivity contribution in [2.75, 3.05) is 7.11 Å². The van der Waals surface area contributed by atoms with Crippen LogP contribution in [0.4, 0.5) is 0 Å². The van der Waals surface area contributed by atoms with Gasteiger partial charge in [0, 0.05) is 11.1 Å². The lowest BCUT2D eigenvalue weighted by Gasteiger charge is -2.20. The van der Waals surface area contributed by atoms with Crippen LogP contribution in [0.2, 0.25) is 0 Å². The van der Waals surface area contributed by atoms with E-state index in [4.69, 9.17) is 4.74 Å². The molecule has 0 saturated carbocycles. The van der Waals surface area contributed by atoms with Gasteiger partial charge >= 0.3 is 0 Å². The average molecular weight is 311 g/mol. The first-order chi connectivity index (χ1) is 10.8. The van der Waals surface area contributed by atoms with E-state index in [9.17, 15) is 4.79 Å². The molecular weight excluding hydrogens is 286 g/mol. The van der Waals surface area contributed by atoms with E-state index in [1.807, 2.05) is 55.5 Å². The minimum absolute atomic E-state index is 0.0798. The molecule has 0 unspecified atom stereocenters. The lowest BCUT2D eigenvalue weighted by molar-refractivity contribution is 0.0939. The molecule has 0 bridgehead atoms. The van der Waals surface area contributed by atoms with Crippen LogP contribution in [0.15, 0.2) is 48.5 Å². The maximum absolute atomic E-state index is 12.4. The molecule has 0 saturated heterocycles. The number of benzene rings is 2. The van der Waals surface area contributed by atoms with E-state index in [0.29, 0.717) is 5.56 Å². The molecule has 2 aromatic rings. The van der Waals surface area contributed by atoms with Crippen molar-refractivity contribution >= 4 is 5.91 Å². The Morgan fingerprint density at radius 2 is 1.65 bits per heavy atom. The highest BCUT2D eigenvalue weighted by Gasteiger charge is 2.17. The van der Waals surface area contributed by atoms with Gasteiger partial charge in [0.2, 0.25) is 0 Å². The molecule has 0 aliphatic rings. The zero-order chi connectivity index (χ0) is 17.0. The van der Waals surface area contributed by atoms with Crippen molar-refractivity contribution in [2.45, 2.75) is 39.2 Å². The van der Waals surface area contributed by atoms with Crippen molar-refractivity contribution in [3.8, 4) is 5.75 Å². The fraction of sp³-hybridized carbons (Fsp3) is 0.350. The molecule has 0 aromatic heterocycles. The summed E-state index contributed by atoms with van der Waals surface area (Å²) in [7, 11) is 1.64. The van der Waals surface area contributed by atoms with E-state index in [-0.39, 0.29) is 17.4 Å². The SMILES string of the molecule is COc1ccccc1[C@@H](C)NC(=O)c1ccc(C(C)(C)C)cc1. The molecule has 2 aromatic carbocycles. The number of hydrogen-bond donors (Lipinski definition) is 1. The fourth-order valence-electron chi connectivity index (χ4n) is 2.50. The Balaban J connectivity index is 2.12. The summed E-state index contributed by atoms with van der Waals surface area (Å²) in [6, 6.07) is 15.4. The lowest BCUT2D eigenvalue weighted by atomic mass is 9.86. The molecule has 2 rings (SSSR count). The van der Waals surface area contributed by atoms with Crippen LogP contribution >= 0.6 is 0 Å². The van der Waals surface area contributed by atoms with Crippen molar-refractivity contribution in [1.82, 2.24) is 5.32 Å². The Morgan fingerprint density at radius 1 is 1.04 bits per heavy atom. The van der Waals surface area contributed by atoms with Crippen molar-refractivity contribution in [2.24, 2.45) is 0 Å². The number of carbonyl (C=O) groups is 1. The van der Waals surface area contributed by atoms with E-state index >= 15 is 0 Å². The molecule has 0 heterocycles. The predicted octanol–water partition coefficient (Wildman–Crippen LogP) is 4.48. The highest BCUT2D eigenvalue weighted by atomic mass is 16.5. The molecule has 0 fully saturated rings. The van der Waals surface area contributed by atoms with Crippen molar-refractivity contribution in [1.29, 1.82) is 0 Å². The molecule has 1 atom stereocenters. The minimum Gasteiger partial charge on any atom is -0.496 e. The fourth-order valence-corrected chi connectivity index (χ4v) is 2.50. The number of carbonyl (C=O) groups excluding carboxylic acids is 1. The van der Waals surface area contributed by atoms with Crippen molar-refractivity contribution in [3.63, 3.8) is 0 Å². The Hall–Kier alpha value is -2.29. The molecule has 0 aliphatic heterocycles. The van der Waals surface area contributed by atoms with Gasteiger partial charge in [-0.15, -0.1) is 0 Å². The van der Waals surface area contributed by atoms with Crippen LogP contribution < -0.4 is 10.1 Å². The third-order valence-corrected chi connectivity index (χ3v) is 3.97. The second-order valence-corrected chi connectivity index (χ2v) is 6.76. The summed E-state index contributed by atoms with van der Waals surface area (Å²) >= 11 is 0. The third kappa shape index (κ3) is 4.13. The van der Waals surface area contributed by atoms with E-state index in [1.165, 1.54) is 5.56 Å². The average Bonchev–Trinajstić information content (AvgIpc) is 2.54. The quantitative estimate of drug-likeness (QED) is 0.904. The van der Waals surface area contributed by atoms with Gasteiger partial charge in [0.05, 0.1) is 13.2 Å². The monoisotopic (exact) mass is 311 g/mol. The molecular formula is C20H25NO2. The number of methoxy groups -OCH3 is 1. The van der Waals surface area contributed by atoms with Crippen molar-refractivity contribution in [3.05, 3.63) is 65.2 Å². The van der Waals surface area contributed by atoms with Crippen LogP contribution in [0.1, 0.15) is 55.2 Å². The molecule has 23 heavy (non-hydrogen) atoms. The predicted molar refractivity (Wildman–Crippen MR) is 94.0 cm³/mol. The summed E-state index contributed by atoms with van der Waals surface area (Å²) in [4.78, 5) is 12.4. The standard InChI is InChI=1S/C20H25NO2/c1-14(17-8-6-7-9-18(17)23-5)21-19(22)15-10-12-16(13-11-15)20(2,3)4/h6-14H,1-5H3,(H,21,22)/t14-/m1/s1. The Bertz CT molecular complexity index is 669. The number of nitrogens with one attached hydrogen (secondary N) is 1. The van der Waals surface area contributed by atoms with Crippen LogP contribution in [-0.2, 0) is 5.41 Å². The number of para-hydroxylation sites is 1. The third-order valence-electron chi connectivity index (χ3n) is 3.97. The van der Waals surface area contributed by atoms with Gasteiger partial charge in [-0.25, -0.2) is 0 Å². The van der Waals surface area contributed by atoms with E-state index < -0.39 is 0 Å². The second kappa shape index (κ2) is 6.86. The Labute approximate surface area is 138 Å². The lowest BCUT2D eigenvalue weighted by Crippen LogP contribution is -2.27. The van der Waals surface area contributed by atoms with Gasteiger partial charge in [-0.3, -0.25) is 4.79 Å². The molecule has 0 radical (unpaired) electrons. The van der Waals surface area contributed by atoms with Crippen molar-refractivity contribution < 1.29 is 9.53 Å². The summed E-state index contributed by atoms with van der Waals surface area (Å²) in [5.41, 5.74) is 2.93.